The van der Waals surface area contributed by atoms with Gasteiger partial charge in [-0.1, -0.05) is 48.1 Å². The van der Waals surface area contributed by atoms with Crippen LogP contribution in [0.15, 0.2) is 11.6 Å². The molecule has 1 aliphatic rings. The summed E-state index contributed by atoms with van der Waals surface area (Å²) in [5.41, 5.74) is 2.23. The highest BCUT2D eigenvalue weighted by atomic mass is 127. The molecule has 0 aliphatic heterocycles. The molecule has 1 heteroatoms. The second-order valence-corrected chi connectivity index (χ2v) is 4.99. The van der Waals surface area contributed by atoms with E-state index in [0.717, 1.165) is 0 Å². The Kier molecular flexibility index (Phi) is 3.41. The van der Waals surface area contributed by atoms with Crippen molar-refractivity contribution >= 4 is 22.6 Å². The maximum Gasteiger partial charge on any atom is 0.00497 e. The lowest BCUT2D eigenvalue weighted by atomic mass is 9.88. The van der Waals surface area contributed by atoms with Crippen LogP contribution in [-0.2, 0) is 0 Å². The molecule has 0 unspecified atom stereocenters. The lowest BCUT2D eigenvalue weighted by Crippen LogP contribution is -2.13. The fourth-order valence-electron chi connectivity index (χ4n) is 1.56. The molecule has 1 aliphatic carbocycles. The summed E-state index contributed by atoms with van der Waals surface area (Å²) in [6, 6.07) is 0. The van der Waals surface area contributed by atoms with Crippen LogP contribution in [0.4, 0.5) is 0 Å². The van der Waals surface area contributed by atoms with Crippen molar-refractivity contribution in [2.75, 3.05) is 4.43 Å². The zero-order valence-corrected chi connectivity index (χ0v) is 9.65. The molecule has 0 saturated heterocycles. The predicted octanol–water partition coefficient (Wildman–Crippen LogP) is 3.95. The molecule has 1 rings (SSSR count). The average Bonchev–Trinajstić information content (AvgIpc) is 2.39. The van der Waals surface area contributed by atoms with Gasteiger partial charge in [0.25, 0.3) is 0 Å². The highest BCUT2D eigenvalue weighted by molar-refractivity contribution is 14.1. The third-order valence-electron chi connectivity index (χ3n) is 2.20. The van der Waals surface area contributed by atoms with E-state index in [1.165, 1.54) is 30.1 Å². The van der Waals surface area contributed by atoms with Gasteiger partial charge in [0, 0.05) is 4.43 Å². The van der Waals surface area contributed by atoms with Crippen molar-refractivity contribution in [1.82, 2.24) is 0 Å². The molecule has 0 atom stereocenters. The van der Waals surface area contributed by atoms with Gasteiger partial charge >= 0.3 is 0 Å². The summed E-state index contributed by atoms with van der Waals surface area (Å²) in [6.45, 7) is 4.72. The minimum atomic E-state index is 0.525. The number of alkyl halides is 1. The predicted molar refractivity (Wildman–Crippen MR) is 59.2 cm³/mol. The summed E-state index contributed by atoms with van der Waals surface area (Å²) < 4.78 is 1.27. The van der Waals surface area contributed by atoms with E-state index in [1.54, 1.807) is 5.57 Å². The van der Waals surface area contributed by atoms with Crippen molar-refractivity contribution in [3.63, 3.8) is 0 Å². The molecule has 0 nitrogen and oxygen atoms in total. The summed E-state index contributed by atoms with van der Waals surface area (Å²) >= 11 is 2.49. The maximum atomic E-state index is 2.49. The van der Waals surface area contributed by atoms with Gasteiger partial charge in [0.05, 0.1) is 0 Å². The zero-order valence-electron chi connectivity index (χ0n) is 7.49. The van der Waals surface area contributed by atoms with Crippen molar-refractivity contribution in [1.29, 1.82) is 0 Å². The molecule has 0 aromatic carbocycles. The van der Waals surface area contributed by atoms with Crippen LogP contribution in [0.1, 0.15) is 39.5 Å². The molecule has 64 valence electrons. The van der Waals surface area contributed by atoms with Crippen molar-refractivity contribution in [3.8, 4) is 0 Å². The molecule has 0 aromatic heterocycles. The molecule has 0 heterocycles. The topological polar surface area (TPSA) is 0 Å². The first-order valence-corrected chi connectivity index (χ1v) is 5.90. The van der Waals surface area contributed by atoms with E-state index in [-0.39, 0.29) is 0 Å². The summed E-state index contributed by atoms with van der Waals surface area (Å²) in [4.78, 5) is 0. The number of hydrogen-bond acceptors (Lipinski definition) is 0. The van der Waals surface area contributed by atoms with Crippen LogP contribution >= 0.6 is 22.6 Å². The standard InChI is InChI=1S/C10H17I/c1-10(2,8-11)7-9-5-3-4-6-9/h5H,3-4,6-8H2,1-2H3. The van der Waals surface area contributed by atoms with E-state index in [2.05, 4.69) is 42.5 Å². The molecular weight excluding hydrogens is 247 g/mol. The summed E-state index contributed by atoms with van der Waals surface area (Å²) in [5, 5.41) is 0. The molecule has 0 bridgehead atoms. The number of rotatable bonds is 3. The molecule has 0 N–H and O–H groups in total. The van der Waals surface area contributed by atoms with Crippen LogP contribution in [-0.4, -0.2) is 4.43 Å². The van der Waals surface area contributed by atoms with E-state index in [1.807, 2.05) is 0 Å². The third kappa shape index (κ3) is 3.14. The van der Waals surface area contributed by atoms with Gasteiger partial charge in [-0.3, -0.25) is 0 Å². The minimum Gasteiger partial charge on any atom is -0.0858 e. The lowest BCUT2D eigenvalue weighted by Gasteiger charge is -2.22. The van der Waals surface area contributed by atoms with Crippen molar-refractivity contribution < 1.29 is 0 Å². The molecule has 0 amide bonds. The van der Waals surface area contributed by atoms with Gasteiger partial charge in [0.2, 0.25) is 0 Å². The van der Waals surface area contributed by atoms with Gasteiger partial charge in [-0.15, -0.1) is 0 Å². The Hall–Kier alpha value is 0.470. The van der Waals surface area contributed by atoms with Crippen LogP contribution < -0.4 is 0 Å². The van der Waals surface area contributed by atoms with E-state index in [4.69, 9.17) is 0 Å². The van der Waals surface area contributed by atoms with Gasteiger partial charge in [0.15, 0.2) is 0 Å². The van der Waals surface area contributed by atoms with Crippen LogP contribution in [0.25, 0.3) is 0 Å². The smallest absolute Gasteiger partial charge is 0.00497 e. The summed E-state index contributed by atoms with van der Waals surface area (Å²) in [5.74, 6) is 0. The Bertz CT molecular complexity index is 156. The number of allylic oxidation sites excluding steroid dienone is 2. The first-order valence-electron chi connectivity index (χ1n) is 4.38. The molecule has 0 fully saturated rings. The van der Waals surface area contributed by atoms with Crippen molar-refractivity contribution in [2.45, 2.75) is 39.5 Å². The van der Waals surface area contributed by atoms with Gasteiger partial charge in [0.1, 0.15) is 0 Å². The fourth-order valence-corrected chi connectivity index (χ4v) is 1.83. The molecule has 0 saturated carbocycles. The molecule has 0 radical (unpaired) electrons. The number of hydrogen-bond donors (Lipinski definition) is 0. The number of halogens is 1. The van der Waals surface area contributed by atoms with Gasteiger partial charge < -0.3 is 0 Å². The lowest BCUT2D eigenvalue weighted by molar-refractivity contribution is 0.423. The van der Waals surface area contributed by atoms with Crippen molar-refractivity contribution in [3.05, 3.63) is 11.6 Å². The first-order chi connectivity index (χ1) is 5.14. The quantitative estimate of drug-likeness (QED) is 0.411. The Morgan fingerprint density at radius 2 is 2.27 bits per heavy atom. The van der Waals surface area contributed by atoms with Crippen LogP contribution in [0.2, 0.25) is 0 Å². The van der Waals surface area contributed by atoms with E-state index >= 15 is 0 Å². The second kappa shape index (κ2) is 3.92. The van der Waals surface area contributed by atoms with Gasteiger partial charge in [-0.05, 0) is 31.1 Å². The summed E-state index contributed by atoms with van der Waals surface area (Å²) in [6.07, 6.45) is 7.84. The van der Waals surface area contributed by atoms with Gasteiger partial charge in [-0.25, -0.2) is 0 Å². The van der Waals surface area contributed by atoms with Gasteiger partial charge in [-0.2, -0.15) is 0 Å². The highest BCUT2D eigenvalue weighted by Gasteiger charge is 2.18. The Morgan fingerprint density at radius 1 is 1.55 bits per heavy atom. The normalized spacial score (nSPS) is 18.6. The van der Waals surface area contributed by atoms with E-state index in [0.29, 0.717) is 5.41 Å². The Labute approximate surface area is 83.6 Å². The van der Waals surface area contributed by atoms with Crippen LogP contribution in [0.3, 0.4) is 0 Å². The molecule has 11 heavy (non-hydrogen) atoms. The Balaban J connectivity index is 2.40. The Morgan fingerprint density at radius 3 is 2.73 bits per heavy atom. The minimum absolute atomic E-state index is 0.525. The second-order valence-electron chi connectivity index (χ2n) is 4.23. The zero-order chi connectivity index (χ0) is 8.32. The van der Waals surface area contributed by atoms with Crippen molar-refractivity contribution in [2.24, 2.45) is 5.41 Å². The van der Waals surface area contributed by atoms with E-state index < -0.39 is 0 Å². The third-order valence-corrected chi connectivity index (χ3v) is 4.27. The van der Waals surface area contributed by atoms with Crippen LogP contribution in [0.5, 0.6) is 0 Å². The van der Waals surface area contributed by atoms with E-state index in [9.17, 15) is 0 Å². The van der Waals surface area contributed by atoms with Crippen LogP contribution in [0, 0.1) is 5.41 Å². The molecule has 0 spiro atoms. The summed E-state index contributed by atoms with van der Waals surface area (Å²) in [7, 11) is 0. The average molecular weight is 264 g/mol. The largest absolute Gasteiger partial charge is 0.0858 e. The first kappa shape index (κ1) is 9.56. The SMILES string of the molecule is CC(C)(CI)CC1=CCCC1. The molecule has 0 aromatic rings. The highest BCUT2D eigenvalue weighted by Crippen LogP contribution is 2.32. The maximum absolute atomic E-state index is 2.49. The monoisotopic (exact) mass is 264 g/mol. The fraction of sp³-hybridized carbons (Fsp3) is 0.800. The molecular formula is C10H17I.